The molecule has 1 N–H and O–H groups in total. The van der Waals surface area contributed by atoms with Crippen LogP contribution in [0.5, 0.6) is 5.75 Å². The predicted octanol–water partition coefficient (Wildman–Crippen LogP) is 2.84. The minimum absolute atomic E-state index is 0.215. The van der Waals surface area contributed by atoms with Crippen LogP contribution in [0, 0.1) is 0 Å². The summed E-state index contributed by atoms with van der Waals surface area (Å²) in [6.45, 7) is 0. The van der Waals surface area contributed by atoms with E-state index in [1.807, 2.05) is 47.2 Å². The maximum atomic E-state index is 11.7. The van der Waals surface area contributed by atoms with Gasteiger partial charge in [-0.1, -0.05) is 0 Å². The maximum Gasteiger partial charge on any atom is 0.307 e. The van der Waals surface area contributed by atoms with Gasteiger partial charge in [0, 0.05) is 11.9 Å². The molecule has 3 rings (SSSR count). The van der Waals surface area contributed by atoms with Crippen molar-refractivity contribution in [2.24, 2.45) is 5.10 Å². The van der Waals surface area contributed by atoms with Crippen LogP contribution in [-0.2, 0) is 0 Å². The minimum Gasteiger partial charge on any atom is -0.497 e. The number of hydrogen-bond acceptors (Lipinski definition) is 4. The van der Waals surface area contributed by atoms with Gasteiger partial charge in [-0.15, -0.1) is 0 Å². The highest BCUT2D eigenvalue weighted by atomic mass is 16.5. The average Bonchev–Trinajstić information content (AvgIpc) is 3.26. The van der Waals surface area contributed by atoms with E-state index in [4.69, 9.17) is 9.15 Å². The second-order valence-electron chi connectivity index (χ2n) is 4.68. The fourth-order valence-corrected chi connectivity index (χ4v) is 2.10. The van der Waals surface area contributed by atoms with Crippen LogP contribution in [0.25, 0.3) is 5.69 Å². The number of furan rings is 1. The summed E-state index contributed by atoms with van der Waals surface area (Å²) in [6.07, 6.45) is 4.93. The van der Waals surface area contributed by atoms with Crippen molar-refractivity contribution >= 4 is 12.1 Å². The summed E-state index contributed by atoms with van der Waals surface area (Å²) >= 11 is 0. The highest BCUT2D eigenvalue weighted by Crippen LogP contribution is 2.16. The number of benzene rings is 1. The molecule has 6 heteroatoms. The number of amides is 1. The maximum absolute atomic E-state index is 11.7. The lowest BCUT2D eigenvalue weighted by Gasteiger charge is -2.07. The fourth-order valence-electron chi connectivity index (χ4n) is 2.10. The Kier molecular flexibility index (Phi) is 4.24. The second kappa shape index (κ2) is 6.65. The summed E-state index contributed by atoms with van der Waals surface area (Å²) in [5.41, 5.74) is 4.22. The van der Waals surface area contributed by atoms with Gasteiger partial charge in [0.1, 0.15) is 5.75 Å². The van der Waals surface area contributed by atoms with Gasteiger partial charge in [-0.05, 0) is 48.5 Å². The molecule has 6 nitrogen and oxygen atoms in total. The summed E-state index contributed by atoms with van der Waals surface area (Å²) in [6, 6.07) is 14.7. The zero-order valence-electron chi connectivity index (χ0n) is 12.5. The highest BCUT2D eigenvalue weighted by Gasteiger charge is 2.06. The number of ether oxygens (including phenoxy) is 1. The van der Waals surface area contributed by atoms with E-state index in [2.05, 4.69) is 10.5 Å². The monoisotopic (exact) mass is 309 g/mol. The van der Waals surface area contributed by atoms with E-state index in [9.17, 15) is 4.79 Å². The molecule has 116 valence electrons. The van der Waals surface area contributed by atoms with Crippen LogP contribution in [0.1, 0.15) is 16.2 Å². The Morgan fingerprint density at radius 3 is 2.74 bits per heavy atom. The SMILES string of the molecule is COc1ccc(-n2cccc2/C=N/NC(=O)c2ccco2)cc1. The zero-order chi connectivity index (χ0) is 16.1. The number of aromatic nitrogens is 1. The number of rotatable bonds is 5. The molecule has 0 bridgehead atoms. The third kappa shape index (κ3) is 3.32. The summed E-state index contributed by atoms with van der Waals surface area (Å²) in [5.74, 6) is 0.614. The van der Waals surface area contributed by atoms with Crippen molar-refractivity contribution in [3.05, 3.63) is 72.4 Å². The number of methoxy groups -OCH3 is 1. The van der Waals surface area contributed by atoms with Gasteiger partial charge >= 0.3 is 5.91 Å². The third-order valence-corrected chi connectivity index (χ3v) is 3.24. The van der Waals surface area contributed by atoms with Crippen LogP contribution in [0.3, 0.4) is 0 Å². The number of carbonyl (C=O) groups is 1. The number of nitrogens with one attached hydrogen (secondary N) is 1. The van der Waals surface area contributed by atoms with Crippen LogP contribution < -0.4 is 10.2 Å². The van der Waals surface area contributed by atoms with Crippen molar-refractivity contribution in [3.63, 3.8) is 0 Å². The van der Waals surface area contributed by atoms with E-state index in [-0.39, 0.29) is 5.76 Å². The van der Waals surface area contributed by atoms with Crippen LogP contribution >= 0.6 is 0 Å². The van der Waals surface area contributed by atoms with Crippen molar-refractivity contribution in [2.45, 2.75) is 0 Å². The predicted molar refractivity (Wildman–Crippen MR) is 86.1 cm³/mol. The number of hydrazone groups is 1. The molecular weight excluding hydrogens is 294 g/mol. The van der Waals surface area contributed by atoms with E-state index in [0.717, 1.165) is 17.1 Å². The number of carbonyl (C=O) groups excluding carboxylic acids is 1. The molecule has 2 heterocycles. The molecule has 23 heavy (non-hydrogen) atoms. The molecule has 0 aliphatic rings. The Morgan fingerprint density at radius 2 is 2.04 bits per heavy atom. The molecular formula is C17H15N3O3. The molecule has 0 aliphatic heterocycles. The van der Waals surface area contributed by atoms with Crippen molar-refractivity contribution in [1.82, 2.24) is 9.99 Å². The van der Waals surface area contributed by atoms with Crippen LogP contribution in [-0.4, -0.2) is 23.8 Å². The summed E-state index contributed by atoms with van der Waals surface area (Å²) in [5, 5.41) is 3.96. The van der Waals surface area contributed by atoms with E-state index >= 15 is 0 Å². The van der Waals surface area contributed by atoms with E-state index in [1.165, 1.54) is 6.26 Å². The van der Waals surface area contributed by atoms with Gasteiger partial charge in [-0.25, -0.2) is 5.43 Å². The van der Waals surface area contributed by atoms with Crippen LogP contribution in [0.2, 0.25) is 0 Å². The first-order chi connectivity index (χ1) is 11.3. The molecule has 1 amide bonds. The lowest BCUT2D eigenvalue weighted by molar-refractivity contribution is 0.0927. The molecule has 0 saturated carbocycles. The summed E-state index contributed by atoms with van der Waals surface area (Å²) in [4.78, 5) is 11.7. The first-order valence-corrected chi connectivity index (χ1v) is 6.96. The molecule has 1 aromatic carbocycles. The molecule has 0 atom stereocenters. The number of hydrogen-bond donors (Lipinski definition) is 1. The Labute approximate surface area is 133 Å². The third-order valence-electron chi connectivity index (χ3n) is 3.24. The summed E-state index contributed by atoms with van der Waals surface area (Å²) < 4.78 is 12.1. The second-order valence-corrected chi connectivity index (χ2v) is 4.68. The molecule has 3 aromatic rings. The van der Waals surface area contributed by atoms with E-state index in [0.29, 0.717) is 0 Å². The first kappa shape index (κ1) is 14.6. The average molecular weight is 309 g/mol. The van der Waals surface area contributed by atoms with Crippen molar-refractivity contribution in [1.29, 1.82) is 0 Å². The van der Waals surface area contributed by atoms with Gasteiger partial charge in [0.25, 0.3) is 0 Å². The molecule has 0 fully saturated rings. The van der Waals surface area contributed by atoms with Gasteiger partial charge in [0.2, 0.25) is 0 Å². The quantitative estimate of drug-likeness (QED) is 0.582. The molecule has 0 radical (unpaired) electrons. The fraction of sp³-hybridized carbons (Fsp3) is 0.0588. The Morgan fingerprint density at radius 1 is 1.22 bits per heavy atom. The highest BCUT2D eigenvalue weighted by molar-refractivity contribution is 5.92. The lowest BCUT2D eigenvalue weighted by Crippen LogP contribution is -2.17. The van der Waals surface area contributed by atoms with E-state index < -0.39 is 5.91 Å². The first-order valence-electron chi connectivity index (χ1n) is 6.96. The van der Waals surface area contributed by atoms with Crippen LogP contribution in [0.4, 0.5) is 0 Å². The summed E-state index contributed by atoms with van der Waals surface area (Å²) in [7, 11) is 1.63. The largest absolute Gasteiger partial charge is 0.497 e. The molecule has 0 saturated heterocycles. The Hall–Kier alpha value is -3.28. The van der Waals surface area contributed by atoms with Gasteiger partial charge in [0.05, 0.1) is 25.3 Å². The lowest BCUT2D eigenvalue weighted by atomic mass is 10.3. The van der Waals surface area contributed by atoms with Crippen molar-refractivity contribution in [3.8, 4) is 11.4 Å². The smallest absolute Gasteiger partial charge is 0.307 e. The standard InChI is InChI=1S/C17H15N3O3/c1-22-15-8-6-13(7-9-15)20-10-2-4-14(20)12-18-19-17(21)16-5-3-11-23-16/h2-12H,1H3,(H,19,21)/b18-12+. The molecule has 0 spiro atoms. The number of nitrogens with zero attached hydrogens (tertiary/aromatic N) is 2. The van der Waals surface area contributed by atoms with Gasteiger partial charge in [-0.2, -0.15) is 5.10 Å². The van der Waals surface area contributed by atoms with Crippen molar-refractivity contribution < 1.29 is 13.9 Å². The van der Waals surface area contributed by atoms with Gasteiger partial charge in [-0.3, -0.25) is 4.79 Å². The zero-order valence-corrected chi connectivity index (χ0v) is 12.5. The van der Waals surface area contributed by atoms with Gasteiger partial charge < -0.3 is 13.7 Å². The normalized spacial score (nSPS) is 10.8. The van der Waals surface area contributed by atoms with E-state index in [1.54, 1.807) is 25.5 Å². The Balaban J connectivity index is 1.73. The van der Waals surface area contributed by atoms with Crippen molar-refractivity contribution in [2.75, 3.05) is 7.11 Å². The van der Waals surface area contributed by atoms with Crippen LogP contribution in [0.15, 0.2) is 70.5 Å². The van der Waals surface area contributed by atoms with Gasteiger partial charge in [0.15, 0.2) is 5.76 Å². The molecule has 2 aromatic heterocycles. The topological polar surface area (TPSA) is 68.8 Å². The molecule has 0 aliphatic carbocycles. The minimum atomic E-state index is -0.395. The Bertz CT molecular complexity index is 802. The molecule has 0 unspecified atom stereocenters.